The SMILES string of the molecule is O=C(C(Br)Cc1ccc(Cl)cc1)C(Br)Cc1ccc(Cl)cc1. The van der Waals surface area contributed by atoms with Gasteiger partial charge in [0.25, 0.3) is 0 Å². The molecule has 2 unspecified atom stereocenters. The highest BCUT2D eigenvalue weighted by atomic mass is 79.9. The lowest BCUT2D eigenvalue weighted by Crippen LogP contribution is -2.27. The molecule has 0 saturated carbocycles. The first-order chi connectivity index (χ1) is 10.5. The molecule has 0 aliphatic heterocycles. The Morgan fingerprint density at radius 3 is 1.41 bits per heavy atom. The monoisotopic (exact) mass is 462 g/mol. The minimum atomic E-state index is -0.231. The number of benzene rings is 2. The Bertz CT molecular complexity index is 571. The summed E-state index contributed by atoms with van der Waals surface area (Å²) in [5.41, 5.74) is 2.15. The van der Waals surface area contributed by atoms with Gasteiger partial charge in [-0.05, 0) is 48.2 Å². The second kappa shape index (κ2) is 8.49. The van der Waals surface area contributed by atoms with Crippen LogP contribution in [0.3, 0.4) is 0 Å². The molecule has 5 heteroatoms. The van der Waals surface area contributed by atoms with Gasteiger partial charge in [0.15, 0.2) is 5.78 Å². The lowest BCUT2D eigenvalue weighted by atomic mass is 10.0. The summed E-state index contributed by atoms with van der Waals surface area (Å²) >= 11 is 18.7. The highest BCUT2D eigenvalue weighted by Gasteiger charge is 2.23. The van der Waals surface area contributed by atoms with Crippen molar-refractivity contribution in [2.75, 3.05) is 0 Å². The van der Waals surface area contributed by atoms with Gasteiger partial charge in [-0.1, -0.05) is 79.3 Å². The second-order valence-electron chi connectivity index (χ2n) is 5.00. The number of carbonyl (C=O) groups is 1. The van der Waals surface area contributed by atoms with Crippen molar-refractivity contribution >= 4 is 60.8 Å². The quantitative estimate of drug-likeness (QED) is 0.488. The third kappa shape index (κ3) is 5.38. The number of hydrogen-bond acceptors (Lipinski definition) is 1. The highest BCUT2D eigenvalue weighted by molar-refractivity contribution is 9.10. The Morgan fingerprint density at radius 2 is 1.09 bits per heavy atom. The maximum atomic E-state index is 12.4. The number of Topliss-reactive ketones (excluding diaryl/α,β-unsaturated/α-hetero) is 1. The molecule has 2 atom stereocenters. The van der Waals surface area contributed by atoms with Gasteiger partial charge < -0.3 is 0 Å². The third-order valence-electron chi connectivity index (χ3n) is 3.27. The van der Waals surface area contributed by atoms with E-state index >= 15 is 0 Å². The fourth-order valence-electron chi connectivity index (χ4n) is 2.05. The number of hydrogen-bond donors (Lipinski definition) is 0. The van der Waals surface area contributed by atoms with Crippen LogP contribution in [-0.2, 0) is 17.6 Å². The molecule has 0 aromatic heterocycles. The van der Waals surface area contributed by atoms with Crippen LogP contribution in [0.1, 0.15) is 11.1 Å². The molecule has 1 nitrogen and oxygen atoms in total. The lowest BCUT2D eigenvalue weighted by molar-refractivity contribution is -0.117. The zero-order valence-electron chi connectivity index (χ0n) is 11.6. The van der Waals surface area contributed by atoms with Gasteiger partial charge >= 0.3 is 0 Å². The van der Waals surface area contributed by atoms with E-state index in [0.29, 0.717) is 22.9 Å². The molecule has 0 spiro atoms. The minimum absolute atomic E-state index is 0.130. The van der Waals surface area contributed by atoms with Crippen molar-refractivity contribution in [3.8, 4) is 0 Å². The summed E-state index contributed by atoms with van der Waals surface area (Å²) in [6, 6.07) is 15.1. The predicted molar refractivity (Wildman–Crippen MR) is 101 cm³/mol. The Morgan fingerprint density at radius 1 is 0.773 bits per heavy atom. The molecular weight excluding hydrogens is 451 g/mol. The zero-order chi connectivity index (χ0) is 16.1. The summed E-state index contributed by atoms with van der Waals surface area (Å²) in [6.45, 7) is 0. The van der Waals surface area contributed by atoms with Crippen LogP contribution < -0.4 is 0 Å². The van der Waals surface area contributed by atoms with Crippen molar-refractivity contribution in [2.24, 2.45) is 0 Å². The molecule has 0 bridgehead atoms. The molecular formula is C17H14Br2Cl2O. The molecule has 2 aromatic rings. The predicted octanol–water partition coefficient (Wildman–Crippen LogP) is 5.87. The van der Waals surface area contributed by atoms with Gasteiger partial charge in [0.2, 0.25) is 0 Å². The zero-order valence-corrected chi connectivity index (χ0v) is 16.3. The molecule has 0 aliphatic rings. The summed E-state index contributed by atoms with van der Waals surface area (Å²) in [5, 5.41) is 1.39. The van der Waals surface area contributed by atoms with Crippen LogP contribution in [0.2, 0.25) is 10.0 Å². The van der Waals surface area contributed by atoms with Crippen LogP contribution >= 0.6 is 55.1 Å². The number of ketones is 1. The standard InChI is InChI=1S/C17H14Br2Cl2O/c18-15(9-11-1-5-13(20)6-2-11)17(22)16(19)10-12-3-7-14(21)8-4-12/h1-8,15-16H,9-10H2. The van der Waals surface area contributed by atoms with Crippen molar-refractivity contribution in [1.29, 1.82) is 0 Å². The molecule has 0 aliphatic carbocycles. The van der Waals surface area contributed by atoms with E-state index in [1.807, 2.05) is 48.5 Å². The van der Waals surface area contributed by atoms with Gasteiger partial charge in [0.1, 0.15) is 0 Å². The van der Waals surface area contributed by atoms with Crippen LogP contribution in [0.5, 0.6) is 0 Å². The molecule has 0 heterocycles. The smallest absolute Gasteiger partial charge is 0.160 e. The minimum Gasteiger partial charge on any atom is -0.297 e. The Labute approximate surface area is 157 Å². The first-order valence-corrected chi connectivity index (χ1v) is 9.35. The van der Waals surface area contributed by atoms with Gasteiger partial charge in [-0.15, -0.1) is 0 Å². The van der Waals surface area contributed by atoms with E-state index < -0.39 is 0 Å². The molecule has 2 aromatic carbocycles. The van der Waals surface area contributed by atoms with Gasteiger partial charge in [-0.25, -0.2) is 0 Å². The van der Waals surface area contributed by atoms with Gasteiger partial charge in [-0.3, -0.25) is 4.79 Å². The number of halogens is 4. The molecule has 0 amide bonds. The molecule has 2 rings (SSSR count). The molecule has 0 saturated heterocycles. The number of carbonyl (C=O) groups excluding carboxylic acids is 1. The van der Waals surface area contributed by atoms with Crippen LogP contribution in [0, 0.1) is 0 Å². The molecule has 22 heavy (non-hydrogen) atoms. The average Bonchev–Trinajstić information content (AvgIpc) is 2.51. The average molecular weight is 465 g/mol. The van der Waals surface area contributed by atoms with E-state index in [1.54, 1.807) is 0 Å². The Kier molecular flexibility index (Phi) is 6.94. The van der Waals surface area contributed by atoms with Crippen LogP contribution in [-0.4, -0.2) is 15.4 Å². The Balaban J connectivity index is 1.94. The van der Waals surface area contributed by atoms with E-state index in [4.69, 9.17) is 23.2 Å². The third-order valence-corrected chi connectivity index (χ3v) is 5.33. The van der Waals surface area contributed by atoms with Crippen molar-refractivity contribution in [2.45, 2.75) is 22.5 Å². The summed E-state index contributed by atoms with van der Waals surface area (Å²) < 4.78 is 0. The van der Waals surface area contributed by atoms with E-state index in [-0.39, 0.29) is 15.4 Å². The molecule has 0 N–H and O–H groups in total. The van der Waals surface area contributed by atoms with Crippen LogP contribution in [0.25, 0.3) is 0 Å². The lowest BCUT2D eigenvalue weighted by Gasteiger charge is -2.14. The van der Waals surface area contributed by atoms with Crippen LogP contribution in [0.4, 0.5) is 0 Å². The van der Waals surface area contributed by atoms with Gasteiger partial charge in [0, 0.05) is 10.0 Å². The maximum Gasteiger partial charge on any atom is 0.160 e. The summed E-state index contributed by atoms with van der Waals surface area (Å²) in [4.78, 5) is 12.0. The van der Waals surface area contributed by atoms with Crippen LogP contribution in [0.15, 0.2) is 48.5 Å². The number of rotatable bonds is 6. The Hall–Kier alpha value is -0.350. The van der Waals surface area contributed by atoms with E-state index in [2.05, 4.69) is 31.9 Å². The highest BCUT2D eigenvalue weighted by Crippen LogP contribution is 2.21. The van der Waals surface area contributed by atoms with Gasteiger partial charge in [0.05, 0.1) is 9.65 Å². The van der Waals surface area contributed by atoms with Crippen molar-refractivity contribution in [3.05, 3.63) is 69.7 Å². The number of alkyl halides is 2. The fraction of sp³-hybridized carbons (Fsp3) is 0.235. The van der Waals surface area contributed by atoms with Crippen molar-refractivity contribution in [1.82, 2.24) is 0 Å². The summed E-state index contributed by atoms with van der Waals surface area (Å²) in [7, 11) is 0. The summed E-state index contributed by atoms with van der Waals surface area (Å²) in [5.74, 6) is 0.130. The fourth-order valence-corrected chi connectivity index (χ4v) is 4.04. The van der Waals surface area contributed by atoms with E-state index in [1.165, 1.54) is 0 Å². The largest absolute Gasteiger partial charge is 0.297 e. The molecule has 0 radical (unpaired) electrons. The van der Waals surface area contributed by atoms with E-state index in [9.17, 15) is 4.79 Å². The first kappa shape index (κ1) is 18.0. The van der Waals surface area contributed by atoms with Crippen molar-refractivity contribution in [3.63, 3.8) is 0 Å². The normalized spacial score (nSPS) is 13.6. The topological polar surface area (TPSA) is 17.1 Å². The molecule has 116 valence electrons. The first-order valence-electron chi connectivity index (χ1n) is 6.76. The van der Waals surface area contributed by atoms with Crippen molar-refractivity contribution < 1.29 is 4.79 Å². The van der Waals surface area contributed by atoms with Gasteiger partial charge in [-0.2, -0.15) is 0 Å². The summed E-state index contributed by atoms with van der Waals surface area (Å²) in [6.07, 6.45) is 1.28. The second-order valence-corrected chi connectivity index (χ2v) is 8.08. The maximum absolute atomic E-state index is 12.4. The van der Waals surface area contributed by atoms with E-state index in [0.717, 1.165) is 11.1 Å². The molecule has 0 fully saturated rings.